The summed E-state index contributed by atoms with van der Waals surface area (Å²) in [7, 11) is 0. The SMILES string of the molecule is CCOC(=O)C1CCN(c2nccc3nc(NCc4ccccc4Cl)ncc23)CC1.CCOC(=O)C1CCNCC1.Clc1ccccc1CNc1ncc2c(Cl)nccc2n1.O=C(C1CCN(c2nccc3nc(NCc4ccccc4Cl)ncc23)CC1)N1CCN(CCO)CC1.O=C(O)C1CCN(c2nccc3nc(NCc4ccccc4Cl)ncc23)CC1. The number of aliphatic hydroxyl groups is 1. The Hall–Kier alpha value is -11.4. The fourth-order valence-electron chi connectivity index (χ4n) is 15.3. The number of aliphatic hydroxyl groups excluding tert-OH is 1. The highest BCUT2D eigenvalue weighted by molar-refractivity contribution is 6.34. The van der Waals surface area contributed by atoms with Crippen molar-refractivity contribution in [3.05, 3.63) is 218 Å². The lowest BCUT2D eigenvalue weighted by Gasteiger charge is -2.38. The first kappa shape index (κ1) is 91.3. The summed E-state index contributed by atoms with van der Waals surface area (Å²) in [4.78, 5) is 112. The van der Waals surface area contributed by atoms with E-state index < -0.39 is 5.97 Å². The zero-order chi connectivity index (χ0) is 87.4. The Morgan fingerprint density at radius 3 is 1.06 bits per heavy atom. The molecule has 125 heavy (non-hydrogen) atoms. The highest BCUT2D eigenvalue weighted by Gasteiger charge is 2.33. The lowest BCUT2D eigenvalue weighted by Crippen LogP contribution is -2.52. The summed E-state index contributed by atoms with van der Waals surface area (Å²) < 4.78 is 10.1. The van der Waals surface area contributed by atoms with Gasteiger partial charge in [-0.3, -0.25) is 24.1 Å². The van der Waals surface area contributed by atoms with Crippen molar-refractivity contribution in [2.24, 2.45) is 23.7 Å². The number of halogens is 5. The number of nitrogens with zero attached hydrogens (tertiary/aromatic N) is 17. The van der Waals surface area contributed by atoms with Crippen LogP contribution in [0.1, 0.15) is 87.5 Å². The second kappa shape index (κ2) is 46.0. The van der Waals surface area contributed by atoms with E-state index in [0.717, 1.165) is 187 Å². The quantitative estimate of drug-likeness (QED) is 0.0231. The van der Waals surface area contributed by atoms with Crippen molar-refractivity contribution in [3.63, 3.8) is 0 Å². The highest BCUT2D eigenvalue weighted by Crippen LogP contribution is 2.34. The predicted octanol–water partition coefficient (Wildman–Crippen LogP) is 14.8. The third-order valence-electron chi connectivity index (χ3n) is 22.3. The number of rotatable bonds is 23. The molecule has 0 aliphatic carbocycles. The lowest BCUT2D eigenvalue weighted by atomic mass is 9.94. The highest BCUT2D eigenvalue weighted by atomic mass is 35.5. The van der Waals surface area contributed by atoms with Gasteiger partial charge >= 0.3 is 17.9 Å². The van der Waals surface area contributed by atoms with Crippen LogP contribution in [0, 0.1) is 23.7 Å². The molecule has 5 saturated heterocycles. The van der Waals surface area contributed by atoms with Gasteiger partial charge in [-0.1, -0.05) is 131 Å². The molecule has 12 aromatic rings. The molecule has 0 bridgehead atoms. The van der Waals surface area contributed by atoms with E-state index in [-0.39, 0.29) is 48.1 Å². The van der Waals surface area contributed by atoms with Crippen molar-refractivity contribution in [2.75, 3.05) is 141 Å². The van der Waals surface area contributed by atoms with Gasteiger partial charge in [-0.25, -0.2) is 59.8 Å². The zero-order valence-electron chi connectivity index (χ0n) is 69.6. The Balaban J connectivity index is 0.000000139. The lowest BCUT2D eigenvalue weighted by molar-refractivity contribution is -0.149. The summed E-state index contributed by atoms with van der Waals surface area (Å²) in [6.07, 6.45) is 20.2. The van der Waals surface area contributed by atoms with Gasteiger partial charge in [0.1, 0.15) is 22.6 Å². The number of amides is 1. The van der Waals surface area contributed by atoms with Crippen LogP contribution in [0.3, 0.4) is 0 Å². The number of hydrogen-bond donors (Lipinski definition) is 7. The molecule has 0 spiro atoms. The third kappa shape index (κ3) is 25.3. The maximum absolute atomic E-state index is 13.1. The molecule has 0 saturated carbocycles. The number of β-amino-alcohol motifs (C(OH)–C–C–N with tert-alkyl or cyclic N) is 1. The standard InChI is InChI=1S/C26H32ClN7O2.C22H24ClN5O2.C20H20ClN5O2.C14H10Cl2N4.C8H15NO2/c27-22-4-2-1-3-20(22)17-29-26-30-18-21-23(31-26)5-8-28-24(21)33-9-6-19(7-10-33)25(36)34-13-11-32(12-14-34)15-16-35;1-2-30-21(29)15-8-11-28(12-9-15)20-17-14-26-22(27-19(17)7-10-24-20)25-13-16-5-3-4-6-18(16)23;21-16-4-2-1-3-14(16)11-23-20-24-12-15-17(25-20)5-8-22-18(15)26-9-6-13(7-10-26)19(27)28;15-11-4-2-1-3-9(11)7-18-14-19-8-10-12(20-14)5-6-17-13(10)16;1-2-11-8(10)7-3-5-9-6-4-7/h1-5,8,18-19,35H,6-7,9-17H2,(H,29,30,31);3-7,10,14-15H,2,8-9,11-13H2,1H3,(H,25,26,27);1-5,8,12-13H,6-7,9-11H2,(H,27,28)(H,23,24,25);1-6,8H,7H2,(H,18,19,20);7,9H,2-6H2,1H3. The Kier molecular flexibility index (Phi) is 33.6. The molecule has 13 heterocycles. The van der Waals surface area contributed by atoms with Gasteiger partial charge in [0, 0.05) is 174 Å². The molecule has 0 unspecified atom stereocenters. The Labute approximate surface area is 750 Å². The summed E-state index contributed by atoms with van der Waals surface area (Å²) in [6.45, 7) is 17.1. The maximum Gasteiger partial charge on any atom is 0.309 e. The molecular formula is C90H101Cl5N22O8. The Bertz CT molecular complexity index is 5600. The van der Waals surface area contributed by atoms with Crippen molar-refractivity contribution >= 4 is 167 Å². The number of hydrogen-bond acceptors (Lipinski definition) is 28. The van der Waals surface area contributed by atoms with Gasteiger partial charge in [0.15, 0.2) is 0 Å². The molecule has 5 fully saturated rings. The van der Waals surface area contributed by atoms with Crippen molar-refractivity contribution in [1.82, 2.24) is 74.9 Å². The predicted molar refractivity (Wildman–Crippen MR) is 491 cm³/mol. The fraction of sp³-hybridized carbons (Fsp3) is 0.378. The van der Waals surface area contributed by atoms with Crippen LogP contribution in [0.2, 0.25) is 25.2 Å². The topological polar surface area (TPSA) is 358 Å². The van der Waals surface area contributed by atoms with Gasteiger partial charge in [0.05, 0.1) is 81.2 Å². The number of esters is 2. The van der Waals surface area contributed by atoms with Crippen LogP contribution in [-0.2, 0) is 54.8 Å². The summed E-state index contributed by atoms with van der Waals surface area (Å²) in [5.41, 5.74) is 7.14. The number of ether oxygens (including phenoxy) is 2. The van der Waals surface area contributed by atoms with Gasteiger partial charge in [-0.2, -0.15) is 0 Å². The number of piperidine rings is 4. The second-order valence-corrected chi connectivity index (χ2v) is 32.3. The molecule has 35 heteroatoms. The maximum atomic E-state index is 13.1. The van der Waals surface area contributed by atoms with E-state index in [4.69, 9.17) is 72.6 Å². The summed E-state index contributed by atoms with van der Waals surface area (Å²) in [5.74, 6) is 3.99. The van der Waals surface area contributed by atoms with Crippen LogP contribution in [0.15, 0.2) is 171 Å². The Morgan fingerprint density at radius 2 is 0.720 bits per heavy atom. The molecule has 8 aromatic heterocycles. The molecule has 0 radical (unpaired) electrons. The molecular weight excluding hydrogens is 1690 g/mol. The number of aliphatic carboxylic acids is 1. The van der Waals surface area contributed by atoms with Gasteiger partial charge in [-0.15, -0.1) is 0 Å². The van der Waals surface area contributed by atoms with Gasteiger partial charge < -0.3 is 65.9 Å². The van der Waals surface area contributed by atoms with Crippen molar-refractivity contribution in [1.29, 1.82) is 0 Å². The molecule has 30 nitrogen and oxygen atoms in total. The minimum atomic E-state index is -0.719. The molecule has 5 aliphatic heterocycles. The van der Waals surface area contributed by atoms with Gasteiger partial charge in [-0.05, 0) is 149 Å². The molecule has 4 aromatic carbocycles. The number of aromatic nitrogens is 12. The number of nitrogens with one attached hydrogen (secondary N) is 5. The number of piperazine rings is 1. The van der Waals surface area contributed by atoms with Gasteiger partial charge in [0.2, 0.25) is 29.7 Å². The molecule has 7 N–H and O–H groups in total. The molecule has 1 amide bonds. The van der Waals surface area contributed by atoms with E-state index in [0.29, 0.717) is 121 Å². The van der Waals surface area contributed by atoms with Crippen LogP contribution >= 0.6 is 58.0 Å². The minimum absolute atomic E-state index is 0.0194. The number of pyridine rings is 4. The van der Waals surface area contributed by atoms with Crippen molar-refractivity contribution < 1.29 is 38.9 Å². The van der Waals surface area contributed by atoms with E-state index in [1.807, 2.05) is 140 Å². The number of carboxylic acids is 1. The normalized spacial score (nSPS) is 15.4. The largest absolute Gasteiger partial charge is 0.481 e. The van der Waals surface area contributed by atoms with E-state index in [2.05, 4.69) is 106 Å². The first-order valence-electron chi connectivity index (χ1n) is 42.1. The van der Waals surface area contributed by atoms with Crippen LogP contribution in [0.4, 0.5) is 41.2 Å². The number of fused-ring (bicyclic) bond motifs is 4. The second-order valence-electron chi connectivity index (χ2n) is 30.3. The minimum Gasteiger partial charge on any atom is -0.481 e. The summed E-state index contributed by atoms with van der Waals surface area (Å²) in [6, 6.07) is 38.1. The number of anilines is 7. The monoisotopic (exact) mass is 1790 g/mol. The first-order valence-corrected chi connectivity index (χ1v) is 44.0. The average molecular weight is 1800 g/mol. The molecule has 0 atom stereocenters. The van der Waals surface area contributed by atoms with Crippen molar-refractivity contribution in [3.8, 4) is 0 Å². The van der Waals surface area contributed by atoms with Crippen LogP contribution in [0.5, 0.6) is 0 Å². The number of benzene rings is 4. The number of carboxylic acid groups (broad SMARTS) is 1. The van der Waals surface area contributed by atoms with Crippen LogP contribution in [0.25, 0.3) is 43.6 Å². The molecule has 654 valence electrons. The van der Waals surface area contributed by atoms with E-state index in [1.165, 1.54) is 0 Å². The van der Waals surface area contributed by atoms with Crippen molar-refractivity contribution in [2.45, 2.75) is 91.4 Å². The van der Waals surface area contributed by atoms with E-state index >= 15 is 0 Å². The van der Waals surface area contributed by atoms with E-state index in [1.54, 1.807) is 49.4 Å². The molecule has 5 aliphatic rings. The van der Waals surface area contributed by atoms with Crippen LogP contribution in [-0.4, -0.2) is 209 Å². The number of carbonyl (C=O) groups excluding carboxylic acids is 3. The summed E-state index contributed by atoms with van der Waals surface area (Å²) in [5, 5.41) is 41.0. The number of carbonyl (C=O) groups is 4. The Morgan fingerprint density at radius 1 is 0.400 bits per heavy atom. The van der Waals surface area contributed by atoms with Crippen LogP contribution < -0.4 is 41.3 Å². The summed E-state index contributed by atoms with van der Waals surface area (Å²) >= 11 is 30.7. The zero-order valence-corrected chi connectivity index (χ0v) is 73.4. The third-order valence-corrected chi connectivity index (χ3v) is 24.0. The van der Waals surface area contributed by atoms with Gasteiger partial charge in [0.25, 0.3) is 0 Å². The average Bonchev–Trinajstić information content (AvgIpc) is 0.799. The smallest absolute Gasteiger partial charge is 0.309 e. The molecule has 17 rings (SSSR count). The van der Waals surface area contributed by atoms with E-state index in [9.17, 15) is 24.3 Å². The first-order chi connectivity index (χ1) is 61.0. The fourth-order valence-corrected chi connectivity index (χ4v) is 16.3.